The predicted molar refractivity (Wildman–Crippen MR) is 103 cm³/mol. The van der Waals surface area contributed by atoms with Crippen molar-refractivity contribution in [1.29, 1.82) is 0 Å². The van der Waals surface area contributed by atoms with Gasteiger partial charge in [0.25, 0.3) is 6.43 Å². The molecule has 0 aliphatic heterocycles. The summed E-state index contributed by atoms with van der Waals surface area (Å²) in [5.74, 6) is 0.478. The fourth-order valence-corrected chi connectivity index (χ4v) is 3.35. The van der Waals surface area contributed by atoms with Crippen molar-refractivity contribution in [3.8, 4) is 17.0 Å². The molecule has 5 heteroatoms. The molecule has 27 heavy (non-hydrogen) atoms. The van der Waals surface area contributed by atoms with Crippen LogP contribution in [0.15, 0.2) is 60.8 Å². The Morgan fingerprint density at radius 3 is 2.52 bits per heavy atom. The number of alkyl halides is 2. The molecule has 0 bridgehead atoms. The van der Waals surface area contributed by atoms with Gasteiger partial charge in [0, 0.05) is 23.9 Å². The van der Waals surface area contributed by atoms with Crippen molar-refractivity contribution in [2.24, 2.45) is 5.73 Å². The zero-order chi connectivity index (χ0) is 18.8. The first kappa shape index (κ1) is 17.4. The van der Waals surface area contributed by atoms with Gasteiger partial charge in [-0.1, -0.05) is 36.4 Å². The van der Waals surface area contributed by atoms with Crippen LogP contribution in [0.25, 0.3) is 22.8 Å². The number of aromatic nitrogens is 1. The first-order valence-electron chi connectivity index (χ1n) is 8.71. The lowest BCUT2D eigenvalue weighted by atomic mass is 10.00. The second-order valence-corrected chi connectivity index (χ2v) is 6.24. The van der Waals surface area contributed by atoms with Crippen LogP contribution < -0.4 is 10.5 Å². The van der Waals surface area contributed by atoms with Crippen LogP contribution in [0.4, 0.5) is 8.78 Å². The third-order valence-electron chi connectivity index (χ3n) is 4.55. The van der Waals surface area contributed by atoms with Gasteiger partial charge in [-0.05, 0) is 52.1 Å². The number of nitrogens with zero attached hydrogens (tertiary/aromatic N) is 1. The molecule has 1 aliphatic rings. The van der Waals surface area contributed by atoms with E-state index in [1.54, 1.807) is 18.3 Å². The van der Waals surface area contributed by atoms with Crippen LogP contribution in [0.3, 0.4) is 0 Å². The molecule has 0 saturated carbocycles. The Balaban J connectivity index is 1.89. The first-order chi connectivity index (χ1) is 13.2. The summed E-state index contributed by atoms with van der Waals surface area (Å²) in [6.07, 6.45) is 1.08. The van der Waals surface area contributed by atoms with E-state index < -0.39 is 6.43 Å². The lowest BCUT2D eigenvalue weighted by molar-refractivity contribution is 0.151. The van der Waals surface area contributed by atoms with Crippen molar-refractivity contribution in [3.63, 3.8) is 0 Å². The largest absolute Gasteiger partial charge is 0.476 e. The molecule has 1 aliphatic carbocycles. The second kappa shape index (κ2) is 7.29. The van der Waals surface area contributed by atoms with Crippen LogP contribution in [0, 0.1) is 0 Å². The minimum absolute atomic E-state index is 0.0123. The minimum atomic E-state index is -2.51. The van der Waals surface area contributed by atoms with E-state index in [1.165, 1.54) is 6.07 Å². The Morgan fingerprint density at radius 1 is 0.963 bits per heavy atom. The van der Waals surface area contributed by atoms with Crippen LogP contribution in [0.5, 0.6) is 5.88 Å². The number of benzene rings is 2. The maximum absolute atomic E-state index is 13.3. The Morgan fingerprint density at radius 2 is 1.74 bits per heavy atom. The smallest absolute Gasteiger partial charge is 0.263 e. The highest BCUT2D eigenvalue weighted by Crippen LogP contribution is 2.46. The van der Waals surface area contributed by atoms with E-state index in [-0.39, 0.29) is 5.56 Å². The summed E-state index contributed by atoms with van der Waals surface area (Å²) in [5.41, 5.74) is 11.0. The lowest BCUT2D eigenvalue weighted by Gasteiger charge is -2.09. The maximum Gasteiger partial charge on any atom is 0.263 e. The Hall–Kier alpha value is -3.05. The average Bonchev–Trinajstić information content (AvgIpc) is 3.00. The van der Waals surface area contributed by atoms with Crippen molar-refractivity contribution in [2.75, 3.05) is 13.2 Å². The van der Waals surface area contributed by atoms with E-state index in [2.05, 4.69) is 4.98 Å². The quantitative estimate of drug-likeness (QED) is 0.546. The summed E-state index contributed by atoms with van der Waals surface area (Å²) in [4.78, 5) is 4.27. The molecule has 0 unspecified atom stereocenters. The number of ether oxygens (including phenoxy) is 1. The van der Waals surface area contributed by atoms with Gasteiger partial charge in [0.05, 0.1) is 0 Å². The summed E-state index contributed by atoms with van der Waals surface area (Å²) in [5, 5.41) is 0. The zero-order valence-electron chi connectivity index (χ0n) is 14.5. The standard InChI is InChI=1S/C22H18F2N2O/c23-21(24)14-7-8-18-16-5-1-2-6-17(16)20(19(18)12-14)13-15-4-3-10-26-22(15)27-11-9-25/h1-8,10,12-13,21H,9,11,25H2/b20-13+. The van der Waals surface area contributed by atoms with E-state index in [0.717, 1.165) is 33.4 Å². The topological polar surface area (TPSA) is 48.1 Å². The van der Waals surface area contributed by atoms with Crippen molar-refractivity contribution in [2.45, 2.75) is 6.43 Å². The zero-order valence-corrected chi connectivity index (χ0v) is 14.5. The summed E-state index contributed by atoms with van der Waals surface area (Å²) in [6, 6.07) is 16.4. The normalized spacial score (nSPS) is 13.7. The van der Waals surface area contributed by atoms with E-state index in [4.69, 9.17) is 10.5 Å². The summed E-state index contributed by atoms with van der Waals surface area (Å²) in [6.45, 7) is 0.742. The third-order valence-corrected chi connectivity index (χ3v) is 4.55. The molecule has 4 rings (SSSR count). The molecule has 2 N–H and O–H groups in total. The molecule has 1 heterocycles. The Bertz CT molecular complexity index is 1010. The fourth-order valence-electron chi connectivity index (χ4n) is 3.35. The molecular formula is C22H18F2N2O. The van der Waals surface area contributed by atoms with Gasteiger partial charge in [-0.3, -0.25) is 0 Å². The monoisotopic (exact) mass is 364 g/mol. The van der Waals surface area contributed by atoms with Crippen LogP contribution in [-0.2, 0) is 0 Å². The van der Waals surface area contributed by atoms with Crippen LogP contribution in [0.2, 0.25) is 0 Å². The van der Waals surface area contributed by atoms with Crippen molar-refractivity contribution < 1.29 is 13.5 Å². The number of hydrogen-bond acceptors (Lipinski definition) is 3. The summed E-state index contributed by atoms with van der Waals surface area (Å²) in [7, 11) is 0. The number of nitrogens with two attached hydrogens (primary N) is 1. The lowest BCUT2D eigenvalue weighted by Crippen LogP contribution is -2.11. The van der Waals surface area contributed by atoms with Gasteiger partial charge in [-0.2, -0.15) is 0 Å². The highest BCUT2D eigenvalue weighted by atomic mass is 19.3. The minimum Gasteiger partial charge on any atom is -0.476 e. The van der Waals surface area contributed by atoms with Crippen LogP contribution in [-0.4, -0.2) is 18.1 Å². The molecule has 2 aromatic carbocycles. The highest BCUT2D eigenvalue weighted by Gasteiger charge is 2.25. The Labute approximate surface area is 156 Å². The number of rotatable bonds is 5. The van der Waals surface area contributed by atoms with Gasteiger partial charge in [0.1, 0.15) is 6.61 Å². The first-order valence-corrected chi connectivity index (χ1v) is 8.71. The van der Waals surface area contributed by atoms with Gasteiger partial charge in [0.2, 0.25) is 5.88 Å². The molecule has 1 aromatic heterocycles. The molecule has 0 amide bonds. The molecular weight excluding hydrogens is 346 g/mol. The second-order valence-electron chi connectivity index (χ2n) is 6.24. The van der Waals surface area contributed by atoms with Crippen molar-refractivity contribution in [3.05, 3.63) is 83.0 Å². The molecule has 0 atom stereocenters. The van der Waals surface area contributed by atoms with E-state index in [0.29, 0.717) is 19.0 Å². The van der Waals surface area contributed by atoms with Crippen molar-refractivity contribution in [1.82, 2.24) is 4.98 Å². The number of hydrogen-bond donors (Lipinski definition) is 1. The van der Waals surface area contributed by atoms with Crippen molar-refractivity contribution >= 4 is 11.6 Å². The molecule has 0 radical (unpaired) electrons. The van der Waals surface area contributed by atoms with Crippen LogP contribution in [0.1, 0.15) is 28.7 Å². The Kier molecular flexibility index (Phi) is 4.69. The maximum atomic E-state index is 13.3. The summed E-state index contributed by atoms with van der Waals surface area (Å²) >= 11 is 0. The fraction of sp³-hybridized carbons (Fsp3) is 0.136. The molecule has 0 spiro atoms. The van der Waals surface area contributed by atoms with Gasteiger partial charge >= 0.3 is 0 Å². The highest BCUT2D eigenvalue weighted by molar-refractivity contribution is 6.06. The van der Waals surface area contributed by atoms with E-state index in [9.17, 15) is 8.78 Å². The molecule has 0 saturated heterocycles. The van der Waals surface area contributed by atoms with Crippen LogP contribution >= 0.6 is 0 Å². The van der Waals surface area contributed by atoms with E-state index >= 15 is 0 Å². The van der Waals surface area contributed by atoms with Gasteiger partial charge in [0.15, 0.2) is 0 Å². The van der Waals surface area contributed by atoms with Gasteiger partial charge in [-0.25, -0.2) is 13.8 Å². The molecule has 3 nitrogen and oxygen atoms in total. The molecule has 136 valence electrons. The SMILES string of the molecule is NCCOc1ncccc1/C=C1\c2ccccc2-c2ccc(C(F)F)cc21. The predicted octanol–water partition coefficient (Wildman–Crippen LogP) is 4.93. The number of pyridine rings is 1. The molecule has 3 aromatic rings. The summed E-state index contributed by atoms with van der Waals surface area (Å²) < 4.78 is 32.2. The number of halogens is 2. The molecule has 0 fully saturated rings. The number of fused-ring (bicyclic) bond motifs is 3. The van der Waals surface area contributed by atoms with E-state index in [1.807, 2.05) is 42.5 Å². The third kappa shape index (κ3) is 3.22. The average molecular weight is 364 g/mol. The van der Waals surface area contributed by atoms with Gasteiger partial charge in [-0.15, -0.1) is 0 Å². The van der Waals surface area contributed by atoms with Gasteiger partial charge < -0.3 is 10.5 Å².